The second-order valence-corrected chi connectivity index (χ2v) is 6.38. The molecule has 0 saturated heterocycles. The van der Waals surface area contributed by atoms with Crippen molar-refractivity contribution in [3.63, 3.8) is 0 Å². The molecular weight excluding hydrogens is 282 g/mol. The van der Waals surface area contributed by atoms with Crippen molar-refractivity contribution in [3.8, 4) is 0 Å². The lowest BCUT2D eigenvalue weighted by atomic mass is 9.88. The zero-order valence-corrected chi connectivity index (χ0v) is 12.6. The van der Waals surface area contributed by atoms with Crippen molar-refractivity contribution in [3.05, 3.63) is 52.4 Å². The van der Waals surface area contributed by atoms with Gasteiger partial charge in [-0.3, -0.25) is 0 Å². The van der Waals surface area contributed by atoms with Crippen molar-refractivity contribution in [1.29, 1.82) is 0 Å². The Morgan fingerprint density at radius 1 is 1.10 bits per heavy atom. The number of hydrogen-bond donors (Lipinski definition) is 1. The Kier molecular flexibility index (Phi) is 3.30. The molecule has 0 aliphatic heterocycles. The highest BCUT2D eigenvalue weighted by Gasteiger charge is 2.28. The van der Waals surface area contributed by atoms with Gasteiger partial charge < -0.3 is 5.32 Å². The molecule has 3 nitrogen and oxygen atoms in total. The Balaban J connectivity index is 1.62. The summed E-state index contributed by atoms with van der Waals surface area (Å²) >= 11 is 6.15. The standard InChI is InChI=1S/C17H18ClN3/c18-15-10-16(21-17(20-15)12-8-9-12)19-14-7-3-5-11-4-1-2-6-13(11)14/h1-2,4,6,10,12,14H,3,5,7-9H2,(H,19,20,21). The summed E-state index contributed by atoms with van der Waals surface area (Å²) in [6.45, 7) is 0. The summed E-state index contributed by atoms with van der Waals surface area (Å²) in [6.07, 6.45) is 5.89. The fourth-order valence-electron chi connectivity index (χ4n) is 3.12. The molecule has 108 valence electrons. The smallest absolute Gasteiger partial charge is 0.135 e. The predicted octanol–water partition coefficient (Wildman–Crippen LogP) is 4.50. The number of nitrogens with one attached hydrogen (secondary N) is 1. The van der Waals surface area contributed by atoms with E-state index in [4.69, 9.17) is 11.6 Å². The molecule has 4 rings (SSSR count). The number of nitrogens with zero attached hydrogens (tertiary/aromatic N) is 2. The van der Waals surface area contributed by atoms with Crippen LogP contribution in [0.1, 0.15) is 54.6 Å². The van der Waals surface area contributed by atoms with Crippen LogP contribution in [0.25, 0.3) is 0 Å². The average Bonchev–Trinajstić information content (AvgIpc) is 3.32. The number of rotatable bonds is 3. The van der Waals surface area contributed by atoms with Crippen molar-refractivity contribution in [2.75, 3.05) is 5.32 Å². The van der Waals surface area contributed by atoms with E-state index >= 15 is 0 Å². The number of aromatic nitrogens is 2. The Morgan fingerprint density at radius 3 is 2.81 bits per heavy atom. The van der Waals surface area contributed by atoms with E-state index in [-0.39, 0.29) is 0 Å². The van der Waals surface area contributed by atoms with E-state index in [1.54, 1.807) is 0 Å². The van der Waals surface area contributed by atoms with Crippen LogP contribution < -0.4 is 5.32 Å². The van der Waals surface area contributed by atoms with Crippen molar-refractivity contribution in [2.45, 2.75) is 44.1 Å². The zero-order valence-electron chi connectivity index (χ0n) is 11.8. The van der Waals surface area contributed by atoms with Gasteiger partial charge in [0.1, 0.15) is 16.8 Å². The molecule has 1 unspecified atom stereocenters. The maximum atomic E-state index is 6.15. The lowest BCUT2D eigenvalue weighted by molar-refractivity contribution is 0.598. The van der Waals surface area contributed by atoms with E-state index in [9.17, 15) is 0 Å². The van der Waals surface area contributed by atoms with Gasteiger partial charge >= 0.3 is 0 Å². The van der Waals surface area contributed by atoms with Crippen molar-refractivity contribution in [1.82, 2.24) is 9.97 Å². The molecule has 1 aromatic carbocycles. The third kappa shape index (κ3) is 2.75. The van der Waals surface area contributed by atoms with Gasteiger partial charge in [-0.05, 0) is 43.2 Å². The second-order valence-electron chi connectivity index (χ2n) is 6.00. The van der Waals surface area contributed by atoms with Crippen molar-refractivity contribution in [2.24, 2.45) is 0 Å². The third-order valence-corrected chi connectivity index (χ3v) is 4.54. The Bertz CT molecular complexity index is 667. The van der Waals surface area contributed by atoms with Gasteiger partial charge in [-0.1, -0.05) is 35.9 Å². The van der Waals surface area contributed by atoms with E-state index in [2.05, 4.69) is 39.6 Å². The molecule has 0 radical (unpaired) electrons. The largest absolute Gasteiger partial charge is 0.363 e. The summed E-state index contributed by atoms with van der Waals surface area (Å²) in [6, 6.07) is 10.8. The summed E-state index contributed by atoms with van der Waals surface area (Å²) in [7, 11) is 0. The summed E-state index contributed by atoms with van der Waals surface area (Å²) in [5.41, 5.74) is 2.84. The molecule has 1 fully saturated rings. The van der Waals surface area contributed by atoms with E-state index in [0.717, 1.165) is 18.1 Å². The molecule has 1 aromatic heterocycles. The zero-order chi connectivity index (χ0) is 14.2. The highest BCUT2D eigenvalue weighted by atomic mass is 35.5. The van der Waals surface area contributed by atoms with Crippen LogP contribution >= 0.6 is 11.6 Å². The number of fused-ring (bicyclic) bond motifs is 1. The molecule has 1 heterocycles. The third-order valence-electron chi connectivity index (χ3n) is 4.35. The van der Waals surface area contributed by atoms with Crippen LogP contribution in [0, 0.1) is 0 Å². The first-order valence-electron chi connectivity index (χ1n) is 7.68. The van der Waals surface area contributed by atoms with Gasteiger partial charge in [0.05, 0.1) is 6.04 Å². The van der Waals surface area contributed by atoms with Gasteiger partial charge in [-0.2, -0.15) is 0 Å². The maximum absolute atomic E-state index is 6.15. The monoisotopic (exact) mass is 299 g/mol. The summed E-state index contributed by atoms with van der Waals surface area (Å²) in [5, 5.41) is 4.11. The predicted molar refractivity (Wildman–Crippen MR) is 84.8 cm³/mol. The molecule has 0 spiro atoms. The minimum Gasteiger partial charge on any atom is -0.363 e. The Morgan fingerprint density at radius 2 is 1.95 bits per heavy atom. The fourth-order valence-corrected chi connectivity index (χ4v) is 3.31. The van der Waals surface area contributed by atoms with E-state index in [1.807, 2.05) is 6.07 Å². The number of benzene rings is 1. The number of hydrogen-bond acceptors (Lipinski definition) is 3. The molecule has 4 heteroatoms. The number of anilines is 1. The molecule has 2 aromatic rings. The van der Waals surface area contributed by atoms with Crippen molar-refractivity contribution >= 4 is 17.4 Å². The second kappa shape index (κ2) is 5.30. The molecule has 21 heavy (non-hydrogen) atoms. The molecule has 2 aliphatic carbocycles. The summed E-state index contributed by atoms with van der Waals surface area (Å²) < 4.78 is 0. The highest BCUT2D eigenvalue weighted by molar-refractivity contribution is 6.29. The minimum atomic E-state index is 0.327. The SMILES string of the molecule is Clc1cc(NC2CCCc3ccccc32)nc(C2CC2)n1. The maximum Gasteiger partial charge on any atom is 0.135 e. The molecular formula is C17H18ClN3. The minimum absolute atomic E-state index is 0.327. The summed E-state index contributed by atoms with van der Waals surface area (Å²) in [5.74, 6) is 2.27. The number of aryl methyl sites for hydroxylation is 1. The van der Waals surface area contributed by atoms with Crippen LogP contribution in [0.5, 0.6) is 0 Å². The first-order chi connectivity index (χ1) is 10.3. The Hall–Kier alpha value is -1.61. The lowest BCUT2D eigenvalue weighted by Crippen LogP contribution is -2.18. The first kappa shape index (κ1) is 13.1. The lowest BCUT2D eigenvalue weighted by Gasteiger charge is -2.26. The van der Waals surface area contributed by atoms with Gasteiger partial charge in [0.25, 0.3) is 0 Å². The van der Waals surface area contributed by atoms with Crippen LogP contribution in [0.15, 0.2) is 30.3 Å². The molecule has 0 bridgehead atoms. The normalized spacial score (nSPS) is 20.9. The van der Waals surface area contributed by atoms with E-state index in [0.29, 0.717) is 17.1 Å². The average molecular weight is 300 g/mol. The molecule has 1 N–H and O–H groups in total. The van der Waals surface area contributed by atoms with Gasteiger partial charge in [0, 0.05) is 12.0 Å². The molecule has 0 amide bonds. The van der Waals surface area contributed by atoms with Crippen molar-refractivity contribution < 1.29 is 0 Å². The fraction of sp³-hybridized carbons (Fsp3) is 0.412. The van der Waals surface area contributed by atoms with Crippen LogP contribution in [0.3, 0.4) is 0 Å². The Labute approximate surface area is 129 Å². The highest BCUT2D eigenvalue weighted by Crippen LogP contribution is 2.39. The van der Waals surface area contributed by atoms with Gasteiger partial charge in [-0.15, -0.1) is 0 Å². The van der Waals surface area contributed by atoms with Crippen LogP contribution in [0.4, 0.5) is 5.82 Å². The molecule has 1 saturated carbocycles. The van der Waals surface area contributed by atoms with E-state index in [1.165, 1.54) is 36.8 Å². The molecule has 1 atom stereocenters. The molecule has 2 aliphatic rings. The van der Waals surface area contributed by atoms with Crippen LogP contribution in [-0.2, 0) is 6.42 Å². The van der Waals surface area contributed by atoms with Crippen LogP contribution in [-0.4, -0.2) is 9.97 Å². The van der Waals surface area contributed by atoms with Gasteiger partial charge in [0.15, 0.2) is 0 Å². The summed E-state index contributed by atoms with van der Waals surface area (Å²) in [4.78, 5) is 9.00. The van der Waals surface area contributed by atoms with Gasteiger partial charge in [0.2, 0.25) is 0 Å². The van der Waals surface area contributed by atoms with Gasteiger partial charge in [-0.25, -0.2) is 9.97 Å². The quantitative estimate of drug-likeness (QED) is 0.848. The van der Waals surface area contributed by atoms with Crippen LogP contribution in [0.2, 0.25) is 5.15 Å². The number of halogens is 1. The first-order valence-corrected chi connectivity index (χ1v) is 8.06. The van der Waals surface area contributed by atoms with E-state index < -0.39 is 0 Å². The topological polar surface area (TPSA) is 37.8 Å².